The number of rotatable bonds is 4. The van der Waals surface area contributed by atoms with Gasteiger partial charge in [0.1, 0.15) is 18.1 Å². The second kappa shape index (κ2) is 5.49. The lowest BCUT2D eigenvalue weighted by molar-refractivity contribution is 0.189. The second-order valence-corrected chi connectivity index (χ2v) is 4.95. The lowest BCUT2D eigenvalue weighted by Crippen LogP contribution is -2.01. The van der Waals surface area contributed by atoms with Crippen LogP contribution in [0.3, 0.4) is 0 Å². The van der Waals surface area contributed by atoms with Crippen LogP contribution in [0.1, 0.15) is 24.3 Å². The summed E-state index contributed by atoms with van der Waals surface area (Å²) in [6.07, 6.45) is 1.22. The Kier molecular flexibility index (Phi) is 3.98. The van der Waals surface area contributed by atoms with Crippen molar-refractivity contribution in [2.75, 3.05) is 0 Å². The van der Waals surface area contributed by atoms with Crippen LogP contribution in [0.2, 0.25) is 0 Å². The molecule has 1 atom stereocenters. The highest BCUT2D eigenvalue weighted by molar-refractivity contribution is 9.10. The number of aromatic nitrogens is 3. The summed E-state index contributed by atoms with van der Waals surface area (Å²) >= 11 is 3.38. The maximum atomic E-state index is 9.67. The molecule has 0 spiro atoms. The van der Waals surface area contributed by atoms with Crippen LogP contribution in [0.4, 0.5) is 0 Å². The van der Waals surface area contributed by atoms with Crippen molar-refractivity contribution in [3.05, 3.63) is 40.1 Å². The van der Waals surface area contributed by atoms with Crippen molar-refractivity contribution < 1.29 is 9.84 Å². The van der Waals surface area contributed by atoms with Gasteiger partial charge in [0.15, 0.2) is 0 Å². The molecular formula is C12H14BrN3O2. The van der Waals surface area contributed by atoms with Crippen LogP contribution in [0.15, 0.2) is 28.9 Å². The molecule has 0 saturated heterocycles. The fraction of sp³-hybridized carbons (Fsp3) is 0.333. The van der Waals surface area contributed by atoms with Gasteiger partial charge >= 0.3 is 0 Å². The van der Waals surface area contributed by atoms with Crippen LogP contribution < -0.4 is 4.74 Å². The zero-order valence-corrected chi connectivity index (χ0v) is 11.8. The molecule has 0 fully saturated rings. The molecule has 1 aromatic carbocycles. The number of ether oxygens (including phenoxy) is 1. The first-order valence-electron chi connectivity index (χ1n) is 5.52. The Labute approximate surface area is 114 Å². The Hall–Kier alpha value is -1.40. The molecule has 1 aromatic heterocycles. The molecule has 0 unspecified atom stereocenters. The van der Waals surface area contributed by atoms with E-state index in [2.05, 4.69) is 26.2 Å². The van der Waals surface area contributed by atoms with E-state index in [0.29, 0.717) is 12.4 Å². The minimum atomic E-state index is -0.574. The molecule has 0 radical (unpaired) electrons. The van der Waals surface area contributed by atoms with Crippen molar-refractivity contribution in [2.24, 2.45) is 7.05 Å². The number of hydrogen-bond donors (Lipinski definition) is 1. The zero-order chi connectivity index (χ0) is 13.1. The van der Waals surface area contributed by atoms with Crippen molar-refractivity contribution in [3.63, 3.8) is 0 Å². The molecule has 0 aliphatic rings. The highest BCUT2D eigenvalue weighted by Crippen LogP contribution is 2.29. The summed E-state index contributed by atoms with van der Waals surface area (Å²) in [6, 6.07) is 5.54. The van der Waals surface area contributed by atoms with Gasteiger partial charge in [0, 0.05) is 17.1 Å². The molecule has 0 aliphatic heterocycles. The first-order valence-corrected chi connectivity index (χ1v) is 6.31. The average Bonchev–Trinajstić information content (AvgIpc) is 2.72. The smallest absolute Gasteiger partial charge is 0.134 e. The summed E-state index contributed by atoms with van der Waals surface area (Å²) in [7, 11) is 1.80. The molecule has 96 valence electrons. The molecule has 2 rings (SSSR count). The molecule has 5 nitrogen and oxygen atoms in total. The first kappa shape index (κ1) is 13.0. The third-order valence-corrected chi connectivity index (χ3v) is 2.94. The number of aliphatic hydroxyl groups is 1. The summed E-state index contributed by atoms with van der Waals surface area (Å²) in [5.41, 5.74) is 1.50. The van der Waals surface area contributed by atoms with E-state index in [1.165, 1.54) is 0 Å². The Morgan fingerprint density at radius 1 is 1.50 bits per heavy atom. The maximum Gasteiger partial charge on any atom is 0.134 e. The molecule has 18 heavy (non-hydrogen) atoms. The van der Waals surface area contributed by atoms with Gasteiger partial charge in [-0.3, -0.25) is 4.68 Å². The highest BCUT2D eigenvalue weighted by atomic mass is 79.9. The molecular weight excluding hydrogens is 298 g/mol. The lowest BCUT2D eigenvalue weighted by atomic mass is 10.1. The van der Waals surface area contributed by atoms with Crippen LogP contribution in [-0.2, 0) is 13.7 Å². The van der Waals surface area contributed by atoms with Gasteiger partial charge in [-0.2, -0.15) is 0 Å². The zero-order valence-electron chi connectivity index (χ0n) is 10.2. The number of aliphatic hydroxyl groups excluding tert-OH is 1. The van der Waals surface area contributed by atoms with Gasteiger partial charge in [0.25, 0.3) is 0 Å². The van der Waals surface area contributed by atoms with Crippen LogP contribution in [0.25, 0.3) is 0 Å². The molecule has 0 amide bonds. The molecule has 6 heteroatoms. The molecule has 1 N–H and O–H groups in total. The molecule has 0 aliphatic carbocycles. The number of nitrogens with zero attached hydrogens (tertiary/aromatic N) is 3. The van der Waals surface area contributed by atoms with Gasteiger partial charge in [-0.05, 0) is 19.1 Å². The molecule has 0 bridgehead atoms. The highest BCUT2D eigenvalue weighted by Gasteiger charge is 2.10. The fourth-order valence-electron chi connectivity index (χ4n) is 1.59. The van der Waals surface area contributed by atoms with E-state index in [1.807, 2.05) is 18.2 Å². The van der Waals surface area contributed by atoms with E-state index in [4.69, 9.17) is 4.74 Å². The quantitative estimate of drug-likeness (QED) is 0.940. The molecule has 2 aromatic rings. The minimum absolute atomic E-state index is 0.323. The lowest BCUT2D eigenvalue weighted by Gasteiger charge is -2.13. The monoisotopic (exact) mass is 311 g/mol. The van der Waals surface area contributed by atoms with Crippen molar-refractivity contribution in [1.82, 2.24) is 15.0 Å². The summed E-state index contributed by atoms with van der Waals surface area (Å²) in [5, 5.41) is 17.4. The SMILES string of the molecule is C[C@@H](O)c1ccc(Br)cc1OCc1cn(C)nn1. The number of benzene rings is 1. The maximum absolute atomic E-state index is 9.67. The van der Waals surface area contributed by atoms with Gasteiger partial charge < -0.3 is 9.84 Å². The van der Waals surface area contributed by atoms with E-state index in [0.717, 1.165) is 15.7 Å². The predicted molar refractivity (Wildman–Crippen MR) is 70.1 cm³/mol. The second-order valence-electron chi connectivity index (χ2n) is 4.03. The number of halogens is 1. The van der Waals surface area contributed by atoms with E-state index in [1.54, 1.807) is 24.9 Å². The van der Waals surface area contributed by atoms with Crippen molar-refractivity contribution in [3.8, 4) is 5.75 Å². The van der Waals surface area contributed by atoms with Gasteiger partial charge in [-0.25, -0.2) is 0 Å². The Bertz CT molecular complexity index is 540. The largest absolute Gasteiger partial charge is 0.487 e. The average molecular weight is 312 g/mol. The third kappa shape index (κ3) is 3.08. The standard InChI is InChI=1S/C12H14BrN3O2/c1-8(17)11-4-3-9(13)5-12(11)18-7-10-6-16(2)15-14-10/h3-6,8,17H,7H2,1-2H3/t8-/m1/s1. The van der Waals surface area contributed by atoms with Crippen LogP contribution in [0.5, 0.6) is 5.75 Å². The number of aryl methyl sites for hydroxylation is 1. The van der Waals surface area contributed by atoms with Crippen LogP contribution in [-0.4, -0.2) is 20.1 Å². The number of hydrogen-bond acceptors (Lipinski definition) is 4. The molecule has 1 heterocycles. The summed E-state index contributed by atoms with van der Waals surface area (Å²) in [5.74, 6) is 0.644. The first-order chi connectivity index (χ1) is 8.56. The summed E-state index contributed by atoms with van der Waals surface area (Å²) in [4.78, 5) is 0. The van der Waals surface area contributed by atoms with Crippen molar-refractivity contribution in [1.29, 1.82) is 0 Å². The van der Waals surface area contributed by atoms with Gasteiger partial charge in [-0.1, -0.05) is 27.2 Å². The summed E-state index contributed by atoms with van der Waals surface area (Å²) in [6.45, 7) is 2.03. The van der Waals surface area contributed by atoms with E-state index in [9.17, 15) is 5.11 Å². The Morgan fingerprint density at radius 2 is 2.28 bits per heavy atom. The fourth-order valence-corrected chi connectivity index (χ4v) is 1.93. The minimum Gasteiger partial charge on any atom is -0.487 e. The normalized spacial score (nSPS) is 12.4. The van der Waals surface area contributed by atoms with E-state index in [-0.39, 0.29) is 0 Å². The van der Waals surface area contributed by atoms with Gasteiger partial charge in [0.05, 0.1) is 12.3 Å². The predicted octanol–water partition coefficient (Wildman–Crippen LogP) is 2.21. The van der Waals surface area contributed by atoms with E-state index < -0.39 is 6.10 Å². The Morgan fingerprint density at radius 3 is 2.89 bits per heavy atom. The van der Waals surface area contributed by atoms with Crippen LogP contribution in [0, 0.1) is 0 Å². The van der Waals surface area contributed by atoms with Gasteiger partial charge in [-0.15, -0.1) is 5.10 Å². The van der Waals surface area contributed by atoms with Gasteiger partial charge in [0.2, 0.25) is 0 Å². The van der Waals surface area contributed by atoms with Crippen molar-refractivity contribution in [2.45, 2.75) is 19.6 Å². The van der Waals surface area contributed by atoms with E-state index >= 15 is 0 Å². The Balaban J connectivity index is 2.15. The van der Waals surface area contributed by atoms with Crippen LogP contribution >= 0.6 is 15.9 Å². The summed E-state index contributed by atoms with van der Waals surface area (Å²) < 4.78 is 8.20. The third-order valence-electron chi connectivity index (χ3n) is 2.45. The molecule has 0 saturated carbocycles. The topological polar surface area (TPSA) is 60.2 Å². The van der Waals surface area contributed by atoms with Crippen molar-refractivity contribution >= 4 is 15.9 Å².